The lowest BCUT2D eigenvalue weighted by Crippen LogP contribution is -2.18. The molecular formula is C21H17BrN3O+. The number of anilines is 1. The van der Waals surface area contributed by atoms with Crippen molar-refractivity contribution in [3.8, 4) is 5.75 Å². The smallest absolute Gasteiger partial charge is 0.272 e. The number of H-pyrrole nitrogens is 1. The summed E-state index contributed by atoms with van der Waals surface area (Å²) in [6.07, 6.45) is 3.56. The molecule has 2 aromatic carbocycles. The summed E-state index contributed by atoms with van der Waals surface area (Å²) in [6, 6.07) is 21.4. The van der Waals surface area contributed by atoms with Crippen LogP contribution >= 0.6 is 15.9 Å². The van der Waals surface area contributed by atoms with Gasteiger partial charge in [-0.25, -0.2) is 4.98 Å². The molecule has 0 saturated carbocycles. The van der Waals surface area contributed by atoms with Crippen LogP contribution in [-0.2, 0) is 0 Å². The fourth-order valence-corrected chi connectivity index (χ4v) is 3.28. The van der Waals surface area contributed by atoms with Gasteiger partial charge in [0.15, 0.2) is 0 Å². The normalized spacial score (nSPS) is 12.0. The van der Waals surface area contributed by atoms with Crippen LogP contribution in [0.1, 0.15) is 17.2 Å². The van der Waals surface area contributed by atoms with Crippen LogP contribution in [0, 0.1) is 0 Å². The maximum Gasteiger partial charge on any atom is 0.272 e. The van der Waals surface area contributed by atoms with E-state index < -0.39 is 0 Å². The minimum atomic E-state index is -0.229. The van der Waals surface area contributed by atoms with Crippen molar-refractivity contribution >= 4 is 32.7 Å². The summed E-state index contributed by atoms with van der Waals surface area (Å²) in [7, 11) is 0. The standard InChI is InChI=1S/C21H16BrN3O/c22-16-9-6-15(7-10-16)19(25-18-5-1-2-12-23-18)17-11-8-14-4-3-13-24-20(14)21(17)26/h1-13,19,26H,(H,23,25)/p+1/t19-/m1/s1. The fraction of sp³-hybridized carbons (Fsp3) is 0.0476. The van der Waals surface area contributed by atoms with Gasteiger partial charge in [-0.15, -0.1) is 0 Å². The third kappa shape index (κ3) is 3.26. The number of fused-ring (bicyclic) bond motifs is 1. The van der Waals surface area contributed by atoms with Gasteiger partial charge in [0.05, 0.1) is 6.20 Å². The van der Waals surface area contributed by atoms with Gasteiger partial charge < -0.3 is 5.11 Å². The van der Waals surface area contributed by atoms with Gasteiger partial charge in [0.25, 0.3) is 5.82 Å². The van der Waals surface area contributed by atoms with E-state index in [1.165, 1.54) is 0 Å². The lowest BCUT2D eigenvalue weighted by atomic mass is 9.96. The van der Waals surface area contributed by atoms with Crippen LogP contribution in [0.5, 0.6) is 5.75 Å². The van der Waals surface area contributed by atoms with Crippen molar-refractivity contribution in [2.24, 2.45) is 0 Å². The molecule has 0 radical (unpaired) electrons. The number of aromatic amines is 1. The first-order valence-electron chi connectivity index (χ1n) is 8.28. The van der Waals surface area contributed by atoms with Crippen molar-refractivity contribution < 1.29 is 10.1 Å². The molecule has 4 rings (SSSR count). The van der Waals surface area contributed by atoms with Crippen LogP contribution in [0.2, 0.25) is 0 Å². The first-order valence-corrected chi connectivity index (χ1v) is 9.07. The lowest BCUT2D eigenvalue weighted by Gasteiger charge is -2.17. The summed E-state index contributed by atoms with van der Waals surface area (Å²) >= 11 is 3.48. The molecule has 1 atom stereocenters. The molecule has 2 heterocycles. The predicted octanol–water partition coefficient (Wildman–Crippen LogP) is 4.72. The van der Waals surface area contributed by atoms with Crippen LogP contribution in [0.25, 0.3) is 10.9 Å². The zero-order valence-electron chi connectivity index (χ0n) is 13.9. The fourth-order valence-electron chi connectivity index (χ4n) is 3.01. The first kappa shape index (κ1) is 16.5. The molecule has 0 aliphatic carbocycles. The topological polar surface area (TPSA) is 59.3 Å². The number of phenols is 1. The average Bonchev–Trinajstić information content (AvgIpc) is 2.69. The van der Waals surface area contributed by atoms with Gasteiger partial charge in [0.2, 0.25) is 0 Å². The maximum atomic E-state index is 10.9. The quantitative estimate of drug-likeness (QED) is 0.515. The average molecular weight is 407 g/mol. The minimum Gasteiger partial charge on any atom is -0.505 e. The third-order valence-electron chi connectivity index (χ3n) is 4.30. The van der Waals surface area contributed by atoms with Crippen molar-refractivity contribution in [3.05, 3.63) is 94.7 Å². The number of benzene rings is 2. The molecule has 0 fully saturated rings. The first-order chi connectivity index (χ1) is 12.7. The molecule has 0 aliphatic heterocycles. The van der Waals surface area contributed by atoms with Crippen molar-refractivity contribution in [1.82, 2.24) is 4.98 Å². The van der Waals surface area contributed by atoms with Crippen LogP contribution in [0.15, 0.2) is 83.6 Å². The van der Waals surface area contributed by atoms with E-state index in [4.69, 9.17) is 0 Å². The summed E-state index contributed by atoms with van der Waals surface area (Å²) in [6.45, 7) is 0. The van der Waals surface area contributed by atoms with E-state index in [0.29, 0.717) is 5.52 Å². The van der Waals surface area contributed by atoms with Crippen molar-refractivity contribution in [3.63, 3.8) is 0 Å². The molecule has 26 heavy (non-hydrogen) atoms. The summed E-state index contributed by atoms with van der Waals surface area (Å²) in [5, 5.41) is 15.3. The number of hydrogen-bond donors (Lipinski definition) is 2. The second-order valence-electron chi connectivity index (χ2n) is 5.98. The van der Waals surface area contributed by atoms with Gasteiger partial charge in [-0.3, -0.25) is 10.3 Å². The Morgan fingerprint density at radius 1 is 0.962 bits per heavy atom. The molecule has 4 nitrogen and oxygen atoms in total. The highest BCUT2D eigenvalue weighted by molar-refractivity contribution is 9.10. The zero-order valence-corrected chi connectivity index (χ0v) is 15.4. The van der Waals surface area contributed by atoms with E-state index in [-0.39, 0.29) is 11.8 Å². The molecule has 5 heteroatoms. The molecular weight excluding hydrogens is 390 g/mol. The van der Waals surface area contributed by atoms with E-state index in [0.717, 1.165) is 26.8 Å². The number of nitrogens with zero attached hydrogens (tertiary/aromatic N) is 1. The number of hydrogen-bond acceptors (Lipinski definition) is 3. The van der Waals surface area contributed by atoms with Gasteiger partial charge in [0.1, 0.15) is 17.3 Å². The van der Waals surface area contributed by atoms with Crippen molar-refractivity contribution in [2.45, 2.75) is 6.04 Å². The van der Waals surface area contributed by atoms with E-state index in [1.54, 1.807) is 6.20 Å². The van der Waals surface area contributed by atoms with Gasteiger partial charge >= 0.3 is 0 Å². The molecule has 0 spiro atoms. The molecule has 0 amide bonds. The summed E-state index contributed by atoms with van der Waals surface area (Å²) < 4.78 is 1.01. The Morgan fingerprint density at radius 2 is 1.81 bits per heavy atom. The lowest BCUT2D eigenvalue weighted by molar-refractivity contribution is -0.361. The van der Waals surface area contributed by atoms with Gasteiger partial charge in [-0.2, -0.15) is 0 Å². The third-order valence-corrected chi connectivity index (χ3v) is 4.83. The van der Waals surface area contributed by atoms with Gasteiger partial charge in [-0.1, -0.05) is 46.3 Å². The summed E-state index contributed by atoms with van der Waals surface area (Å²) in [5.74, 6) is 1.06. The number of phenolic OH excluding ortho intramolecular Hbond substituents is 1. The highest BCUT2D eigenvalue weighted by atomic mass is 79.9. The van der Waals surface area contributed by atoms with E-state index in [1.807, 2.05) is 72.9 Å². The van der Waals surface area contributed by atoms with Crippen LogP contribution in [-0.4, -0.2) is 10.1 Å². The Balaban J connectivity index is 1.84. The largest absolute Gasteiger partial charge is 0.505 e. The highest BCUT2D eigenvalue weighted by Gasteiger charge is 2.24. The molecule has 3 N–H and O–H groups in total. The molecule has 2 aromatic heterocycles. The van der Waals surface area contributed by atoms with Crippen molar-refractivity contribution in [1.29, 1.82) is 0 Å². The molecule has 128 valence electrons. The Kier molecular flexibility index (Phi) is 4.54. The van der Waals surface area contributed by atoms with Crippen molar-refractivity contribution in [2.75, 3.05) is 5.32 Å². The molecule has 0 saturated heterocycles. The summed E-state index contributed by atoms with van der Waals surface area (Å²) in [4.78, 5) is 7.53. The van der Waals surface area contributed by atoms with Gasteiger partial charge in [0, 0.05) is 33.2 Å². The predicted molar refractivity (Wildman–Crippen MR) is 106 cm³/mol. The number of rotatable bonds is 4. The van der Waals surface area contributed by atoms with Crippen LogP contribution in [0.4, 0.5) is 5.82 Å². The summed E-state index contributed by atoms with van der Waals surface area (Å²) in [5.41, 5.74) is 2.41. The second-order valence-corrected chi connectivity index (χ2v) is 6.90. The Morgan fingerprint density at radius 3 is 2.58 bits per heavy atom. The Bertz CT molecular complexity index is 1040. The number of nitrogens with one attached hydrogen (secondary N) is 2. The zero-order chi connectivity index (χ0) is 17.9. The van der Waals surface area contributed by atoms with E-state index in [9.17, 15) is 5.11 Å². The Hall–Kier alpha value is -2.92. The Labute approximate surface area is 159 Å². The second kappa shape index (κ2) is 7.14. The monoisotopic (exact) mass is 406 g/mol. The molecule has 0 unspecified atom stereocenters. The van der Waals surface area contributed by atoms with E-state index >= 15 is 0 Å². The highest BCUT2D eigenvalue weighted by Crippen LogP contribution is 2.36. The van der Waals surface area contributed by atoms with Crippen LogP contribution < -0.4 is 10.3 Å². The number of halogens is 1. The number of pyridine rings is 2. The molecule has 4 aromatic rings. The number of aromatic hydroxyl groups is 1. The van der Waals surface area contributed by atoms with Gasteiger partial charge in [-0.05, 0) is 30.3 Å². The van der Waals surface area contributed by atoms with Crippen LogP contribution in [0.3, 0.4) is 0 Å². The minimum absolute atomic E-state index is 0.194. The molecule has 0 aliphatic rings. The SMILES string of the molecule is Oc1c([C@H](Nc2cccc[nH+]2)c2ccc(Br)cc2)ccc2cccnc12. The maximum absolute atomic E-state index is 10.9. The number of aromatic nitrogens is 2. The molecule has 0 bridgehead atoms. The van der Waals surface area contributed by atoms with E-state index in [2.05, 4.69) is 31.2 Å².